The Labute approximate surface area is 71.2 Å². The molecular formula is C9H9N3. The van der Waals surface area contributed by atoms with Crippen LogP contribution in [0.1, 0.15) is 6.42 Å². The number of nitriles is 1. The molecule has 0 aromatic heterocycles. The highest BCUT2D eigenvalue weighted by Gasteiger charge is 1.86. The normalized spacial score (nSPS) is 9.92. The van der Waals surface area contributed by atoms with Gasteiger partial charge < -0.3 is 5.73 Å². The molecule has 0 saturated carbocycles. The van der Waals surface area contributed by atoms with Crippen LogP contribution in [0, 0.1) is 11.3 Å². The van der Waals surface area contributed by atoms with E-state index in [1.54, 1.807) is 18.3 Å². The van der Waals surface area contributed by atoms with Gasteiger partial charge in [-0.1, -0.05) is 0 Å². The summed E-state index contributed by atoms with van der Waals surface area (Å²) in [6.45, 7) is 0. The number of rotatable bonds is 2. The summed E-state index contributed by atoms with van der Waals surface area (Å²) in [5, 5.41) is 8.23. The van der Waals surface area contributed by atoms with E-state index in [0.717, 1.165) is 5.69 Å². The van der Waals surface area contributed by atoms with Crippen LogP contribution in [0.15, 0.2) is 29.3 Å². The molecule has 0 heterocycles. The van der Waals surface area contributed by atoms with Gasteiger partial charge in [0, 0.05) is 11.9 Å². The van der Waals surface area contributed by atoms with Crippen molar-refractivity contribution in [2.24, 2.45) is 4.99 Å². The summed E-state index contributed by atoms with van der Waals surface area (Å²) < 4.78 is 0. The lowest BCUT2D eigenvalue weighted by Crippen LogP contribution is -1.81. The Morgan fingerprint density at radius 2 is 2.08 bits per heavy atom. The molecule has 1 aromatic carbocycles. The second-order valence-corrected chi connectivity index (χ2v) is 2.27. The standard InChI is InChI=1S/C9H9N3/c10-6-1-7-12-9-4-2-8(11)3-5-9/h2-5,7H,1,11H2. The number of nitrogens with two attached hydrogens (primary N) is 1. The third kappa shape index (κ3) is 2.43. The smallest absolute Gasteiger partial charge is 0.0705 e. The molecule has 1 rings (SSSR count). The predicted octanol–water partition coefficient (Wildman–Crippen LogP) is 1.88. The van der Waals surface area contributed by atoms with Crippen molar-refractivity contribution >= 4 is 17.6 Å². The van der Waals surface area contributed by atoms with E-state index in [-0.39, 0.29) is 0 Å². The third-order valence-electron chi connectivity index (χ3n) is 1.32. The molecule has 0 bridgehead atoms. The quantitative estimate of drug-likeness (QED) is 0.529. The minimum absolute atomic E-state index is 0.338. The number of anilines is 1. The molecule has 0 aliphatic carbocycles. The number of nitrogens with zero attached hydrogens (tertiary/aromatic N) is 2. The molecule has 2 N–H and O–H groups in total. The number of aliphatic imine (C=N–C) groups is 1. The molecule has 3 heteroatoms. The average Bonchev–Trinajstić information content (AvgIpc) is 2.09. The lowest BCUT2D eigenvalue weighted by molar-refractivity contribution is 1.41. The van der Waals surface area contributed by atoms with Crippen LogP contribution in [-0.2, 0) is 0 Å². The molecule has 0 radical (unpaired) electrons. The van der Waals surface area contributed by atoms with Crippen molar-refractivity contribution in [3.05, 3.63) is 24.3 Å². The Hall–Kier alpha value is -1.82. The molecule has 0 unspecified atom stereocenters. The van der Waals surface area contributed by atoms with Gasteiger partial charge in [0.25, 0.3) is 0 Å². The van der Waals surface area contributed by atoms with Crippen LogP contribution in [0.25, 0.3) is 0 Å². The molecule has 1 aromatic rings. The summed E-state index contributed by atoms with van der Waals surface area (Å²) >= 11 is 0. The van der Waals surface area contributed by atoms with Gasteiger partial charge in [0.15, 0.2) is 0 Å². The van der Waals surface area contributed by atoms with Gasteiger partial charge in [-0.05, 0) is 24.3 Å². The second kappa shape index (κ2) is 4.14. The van der Waals surface area contributed by atoms with Crippen LogP contribution in [0.2, 0.25) is 0 Å². The van der Waals surface area contributed by atoms with Crippen LogP contribution >= 0.6 is 0 Å². The Kier molecular flexibility index (Phi) is 2.86. The first-order chi connectivity index (χ1) is 5.83. The Morgan fingerprint density at radius 1 is 1.42 bits per heavy atom. The van der Waals surface area contributed by atoms with Gasteiger partial charge in [-0.15, -0.1) is 0 Å². The van der Waals surface area contributed by atoms with E-state index in [1.807, 2.05) is 18.2 Å². The van der Waals surface area contributed by atoms with Crippen LogP contribution < -0.4 is 5.73 Å². The van der Waals surface area contributed by atoms with Gasteiger partial charge in [-0.25, -0.2) is 0 Å². The van der Waals surface area contributed by atoms with Gasteiger partial charge in [0.05, 0.1) is 18.2 Å². The van der Waals surface area contributed by atoms with E-state index in [4.69, 9.17) is 11.0 Å². The molecule has 0 spiro atoms. The average molecular weight is 159 g/mol. The van der Waals surface area contributed by atoms with Crippen LogP contribution in [0.5, 0.6) is 0 Å². The number of hydrogen-bond donors (Lipinski definition) is 1. The van der Waals surface area contributed by atoms with Crippen molar-refractivity contribution in [3.63, 3.8) is 0 Å². The fourth-order valence-electron chi connectivity index (χ4n) is 0.752. The predicted molar refractivity (Wildman–Crippen MR) is 49.2 cm³/mol. The maximum Gasteiger partial charge on any atom is 0.0705 e. The van der Waals surface area contributed by atoms with Crippen molar-refractivity contribution in [2.45, 2.75) is 6.42 Å². The number of nitrogen functional groups attached to an aromatic ring is 1. The summed E-state index contributed by atoms with van der Waals surface area (Å²) in [5.41, 5.74) is 7.01. The summed E-state index contributed by atoms with van der Waals surface area (Å²) in [5.74, 6) is 0. The monoisotopic (exact) mass is 159 g/mol. The van der Waals surface area contributed by atoms with E-state index >= 15 is 0 Å². The van der Waals surface area contributed by atoms with Gasteiger partial charge in [-0.3, -0.25) is 4.99 Å². The Bertz CT molecular complexity index is 306. The van der Waals surface area contributed by atoms with E-state index < -0.39 is 0 Å². The molecule has 60 valence electrons. The highest BCUT2D eigenvalue weighted by atomic mass is 14.7. The highest BCUT2D eigenvalue weighted by Crippen LogP contribution is 2.12. The highest BCUT2D eigenvalue weighted by molar-refractivity contribution is 5.65. The first-order valence-corrected chi connectivity index (χ1v) is 3.58. The molecule has 0 atom stereocenters. The SMILES string of the molecule is N#CCC=Nc1ccc(N)cc1. The van der Waals surface area contributed by atoms with Gasteiger partial charge >= 0.3 is 0 Å². The fraction of sp³-hybridized carbons (Fsp3) is 0.111. The molecule has 0 fully saturated rings. The summed E-state index contributed by atoms with van der Waals surface area (Å²) in [6, 6.07) is 9.15. The fourth-order valence-corrected chi connectivity index (χ4v) is 0.752. The van der Waals surface area contributed by atoms with Crippen molar-refractivity contribution in [1.29, 1.82) is 5.26 Å². The number of benzene rings is 1. The summed E-state index contributed by atoms with van der Waals surface area (Å²) in [7, 11) is 0. The topological polar surface area (TPSA) is 62.2 Å². The maximum atomic E-state index is 8.23. The summed E-state index contributed by atoms with van der Waals surface area (Å²) in [6.07, 6.45) is 1.91. The number of hydrogen-bond acceptors (Lipinski definition) is 3. The maximum absolute atomic E-state index is 8.23. The lowest BCUT2D eigenvalue weighted by Gasteiger charge is -1.92. The van der Waals surface area contributed by atoms with Crippen LogP contribution in [0.4, 0.5) is 11.4 Å². The van der Waals surface area contributed by atoms with Crippen molar-refractivity contribution in [1.82, 2.24) is 0 Å². The van der Waals surface area contributed by atoms with E-state index in [9.17, 15) is 0 Å². The van der Waals surface area contributed by atoms with Crippen LogP contribution in [-0.4, -0.2) is 6.21 Å². The van der Waals surface area contributed by atoms with Gasteiger partial charge in [0.1, 0.15) is 0 Å². The van der Waals surface area contributed by atoms with E-state index in [2.05, 4.69) is 4.99 Å². The third-order valence-corrected chi connectivity index (χ3v) is 1.32. The van der Waals surface area contributed by atoms with E-state index in [0.29, 0.717) is 12.1 Å². The second-order valence-electron chi connectivity index (χ2n) is 2.27. The van der Waals surface area contributed by atoms with Gasteiger partial charge in [-0.2, -0.15) is 5.26 Å². The summed E-state index contributed by atoms with van der Waals surface area (Å²) in [4.78, 5) is 4.03. The van der Waals surface area contributed by atoms with E-state index in [1.165, 1.54) is 0 Å². The van der Waals surface area contributed by atoms with Gasteiger partial charge in [0.2, 0.25) is 0 Å². The Morgan fingerprint density at radius 3 is 2.67 bits per heavy atom. The zero-order valence-electron chi connectivity index (χ0n) is 6.57. The zero-order chi connectivity index (χ0) is 8.81. The van der Waals surface area contributed by atoms with Crippen molar-refractivity contribution in [3.8, 4) is 6.07 Å². The molecular weight excluding hydrogens is 150 g/mol. The minimum Gasteiger partial charge on any atom is -0.399 e. The molecule has 12 heavy (non-hydrogen) atoms. The van der Waals surface area contributed by atoms with Crippen LogP contribution in [0.3, 0.4) is 0 Å². The zero-order valence-corrected chi connectivity index (χ0v) is 6.57. The first-order valence-electron chi connectivity index (χ1n) is 3.58. The largest absolute Gasteiger partial charge is 0.399 e. The molecule has 3 nitrogen and oxygen atoms in total. The molecule has 0 saturated heterocycles. The minimum atomic E-state index is 0.338. The first kappa shape index (κ1) is 8.28. The molecule has 0 aliphatic heterocycles. The Balaban J connectivity index is 2.66. The molecule has 0 amide bonds. The van der Waals surface area contributed by atoms with Crippen molar-refractivity contribution in [2.75, 3.05) is 5.73 Å². The molecule has 0 aliphatic rings. The van der Waals surface area contributed by atoms with Crippen molar-refractivity contribution < 1.29 is 0 Å². The lowest BCUT2D eigenvalue weighted by atomic mass is 10.3.